The van der Waals surface area contributed by atoms with Crippen LogP contribution in [0.25, 0.3) is 0 Å². The van der Waals surface area contributed by atoms with E-state index >= 15 is 0 Å². The Morgan fingerprint density at radius 3 is 2.93 bits per heavy atom. The molecule has 1 heteroatoms. The Hall–Kier alpha value is -0.980. The first-order valence-electron chi connectivity index (χ1n) is 6.13. The lowest BCUT2D eigenvalue weighted by Crippen LogP contribution is -2.35. The average Bonchev–Trinajstić information content (AvgIpc) is 2.29. The van der Waals surface area contributed by atoms with Crippen molar-refractivity contribution in [2.24, 2.45) is 0 Å². The number of hydrogen-bond donors (Lipinski definition) is 0. The van der Waals surface area contributed by atoms with Gasteiger partial charge in [0, 0.05) is 18.8 Å². The van der Waals surface area contributed by atoms with Crippen molar-refractivity contribution in [3.8, 4) is 0 Å². The minimum absolute atomic E-state index is 0.764. The van der Waals surface area contributed by atoms with Crippen LogP contribution < -0.4 is 4.90 Å². The number of benzene rings is 1. The van der Waals surface area contributed by atoms with Gasteiger partial charge < -0.3 is 4.90 Å². The van der Waals surface area contributed by atoms with Crippen molar-refractivity contribution >= 4 is 5.69 Å². The van der Waals surface area contributed by atoms with Gasteiger partial charge in [0.15, 0.2) is 0 Å². The molecule has 0 spiro atoms. The summed E-state index contributed by atoms with van der Waals surface area (Å²) in [6.45, 7) is 2.27. The fourth-order valence-corrected chi connectivity index (χ4v) is 2.56. The fraction of sp³-hybridized carbons (Fsp3) is 0.571. The van der Waals surface area contributed by atoms with E-state index in [2.05, 4.69) is 43.1 Å². The number of hydrogen-bond acceptors (Lipinski definition) is 1. The van der Waals surface area contributed by atoms with E-state index < -0.39 is 0 Å². The summed E-state index contributed by atoms with van der Waals surface area (Å²) in [6, 6.07) is 9.59. The van der Waals surface area contributed by atoms with E-state index in [1.165, 1.54) is 43.4 Å². The molecule has 1 aliphatic heterocycles. The van der Waals surface area contributed by atoms with Crippen molar-refractivity contribution in [3.05, 3.63) is 29.8 Å². The number of nitrogens with zero attached hydrogens (tertiary/aromatic N) is 1. The van der Waals surface area contributed by atoms with Crippen molar-refractivity contribution in [2.45, 2.75) is 45.1 Å². The molecule has 1 aromatic rings. The second-order valence-electron chi connectivity index (χ2n) is 4.57. The Morgan fingerprint density at radius 2 is 2.13 bits per heavy atom. The van der Waals surface area contributed by atoms with Crippen molar-refractivity contribution in [3.63, 3.8) is 0 Å². The van der Waals surface area contributed by atoms with Gasteiger partial charge in [-0.2, -0.15) is 0 Å². The molecule has 2 rings (SSSR count). The van der Waals surface area contributed by atoms with Crippen LogP contribution in [0.5, 0.6) is 0 Å². The molecule has 0 saturated carbocycles. The van der Waals surface area contributed by atoms with Crippen LogP contribution in [0.2, 0.25) is 0 Å². The Balaban J connectivity index is 2.11. The molecule has 1 nitrogen and oxygen atoms in total. The summed E-state index contributed by atoms with van der Waals surface area (Å²) in [7, 11) is 2.25. The van der Waals surface area contributed by atoms with Gasteiger partial charge in [-0.3, -0.25) is 0 Å². The summed E-state index contributed by atoms with van der Waals surface area (Å²) in [5, 5.41) is 0. The van der Waals surface area contributed by atoms with Gasteiger partial charge in [-0.25, -0.2) is 0 Å². The zero-order chi connectivity index (χ0) is 10.7. The highest BCUT2D eigenvalue weighted by atomic mass is 15.1. The number of fused-ring (bicyclic) bond motifs is 1. The second kappa shape index (κ2) is 4.69. The van der Waals surface area contributed by atoms with E-state index in [4.69, 9.17) is 0 Å². The van der Waals surface area contributed by atoms with Gasteiger partial charge in [0.2, 0.25) is 0 Å². The van der Waals surface area contributed by atoms with Crippen LogP contribution in [-0.4, -0.2) is 13.1 Å². The molecule has 0 saturated heterocycles. The van der Waals surface area contributed by atoms with Crippen LogP contribution in [0.3, 0.4) is 0 Å². The molecular weight excluding hydrogens is 182 g/mol. The number of rotatable bonds is 3. The van der Waals surface area contributed by atoms with Gasteiger partial charge >= 0.3 is 0 Å². The average molecular weight is 203 g/mol. The van der Waals surface area contributed by atoms with Crippen LogP contribution in [0, 0.1) is 0 Å². The van der Waals surface area contributed by atoms with E-state index in [0.717, 1.165) is 6.04 Å². The lowest BCUT2D eigenvalue weighted by atomic mass is 9.93. The number of aryl methyl sites for hydroxylation is 1. The van der Waals surface area contributed by atoms with Gasteiger partial charge in [-0.15, -0.1) is 0 Å². The van der Waals surface area contributed by atoms with Crippen molar-refractivity contribution in [1.29, 1.82) is 0 Å². The Bertz CT molecular complexity index is 319. The van der Waals surface area contributed by atoms with E-state index in [1.807, 2.05) is 0 Å². The lowest BCUT2D eigenvalue weighted by Gasteiger charge is -2.36. The SMILES string of the molecule is CCCCC1CCc2ccccc2N1C. The highest BCUT2D eigenvalue weighted by Gasteiger charge is 2.21. The number of unbranched alkanes of at least 4 members (excludes halogenated alkanes) is 1. The molecule has 0 bridgehead atoms. The minimum atomic E-state index is 0.764. The third kappa shape index (κ3) is 2.17. The quantitative estimate of drug-likeness (QED) is 0.725. The highest BCUT2D eigenvalue weighted by molar-refractivity contribution is 5.55. The summed E-state index contributed by atoms with van der Waals surface area (Å²) in [5.74, 6) is 0. The predicted octanol–water partition coefficient (Wildman–Crippen LogP) is 3.63. The van der Waals surface area contributed by atoms with Crippen LogP contribution in [0.4, 0.5) is 5.69 Å². The van der Waals surface area contributed by atoms with Crippen molar-refractivity contribution in [1.82, 2.24) is 0 Å². The van der Waals surface area contributed by atoms with Gasteiger partial charge in [-0.1, -0.05) is 38.0 Å². The molecule has 0 aromatic heterocycles. The first-order valence-corrected chi connectivity index (χ1v) is 6.13. The van der Waals surface area contributed by atoms with Crippen LogP contribution in [0.1, 0.15) is 38.2 Å². The molecule has 0 N–H and O–H groups in total. The largest absolute Gasteiger partial charge is 0.371 e. The zero-order valence-corrected chi connectivity index (χ0v) is 9.87. The number of anilines is 1. The lowest BCUT2D eigenvalue weighted by molar-refractivity contribution is 0.501. The molecule has 0 radical (unpaired) electrons. The third-order valence-electron chi connectivity index (χ3n) is 3.56. The van der Waals surface area contributed by atoms with Crippen molar-refractivity contribution < 1.29 is 0 Å². The molecule has 1 unspecified atom stereocenters. The molecule has 1 aliphatic rings. The molecule has 82 valence electrons. The standard InChI is InChI=1S/C14H21N/c1-3-4-8-13-11-10-12-7-5-6-9-14(12)15(13)2/h5-7,9,13H,3-4,8,10-11H2,1-2H3. The smallest absolute Gasteiger partial charge is 0.0398 e. The number of para-hydroxylation sites is 1. The van der Waals surface area contributed by atoms with Crippen molar-refractivity contribution in [2.75, 3.05) is 11.9 Å². The van der Waals surface area contributed by atoms with Gasteiger partial charge in [0.05, 0.1) is 0 Å². The Morgan fingerprint density at radius 1 is 1.33 bits per heavy atom. The maximum absolute atomic E-state index is 2.48. The maximum atomic E-state index is 2.48. The zero-order valence-electron chi connectivity index (χ0n) is 9.87. The highest BCUT2D eigenvalue weighted by Crippen LogP contribution is 2.30. The van der Waals surface area contributed by atoms with Crippen LogP contribution in [-0.2, 0) is 6.42 Å². The van der Waals surface area contributed by atoms with Gasteiger partial charge in [0.1, 0.15) is 0 Å². The Labute approximate surface area is 93.1 Å². The molecule has 15 heavy (non-hydrogen) atoms. The molecule has 0 fully saturated rings. The van der Waals surface area contributed by atoms with Crippen LogP contribution in [0.15, 0.2) is 24.3 Å². The molecular formula is C14H21N. The summed E-state index contributed by atoms with van der Waals surface area (Å²) in [5.41, 5.74) is 2.97. The Kier molecular flexibility index (Phi) is 3.30. The molecule has 1 atom stereocenters. The third-order valence-corrected chi connectivity index (χ3v) is 3.56. The van der Waals surface area contributed by atoms with Crippen LogP contribution >= 0.6 is 0 Å². The first-order chi connectivity index (χ1) is 7.33. The summed E-state index contributed by atoms with van der Waals surface area (Å²) < 4.78 is 0. The molecule has 0 aliphatic carbocycles. The summed E-state index contributed by atoms with van der Waals surface area (Å²) in [4.78, 5) is 2.48. The van der Waals surface area contributed by atoms with E-state index in [0.29, 0.717) is 0 Å². The van der Waals surface area contributed by atoms with E-state index in [1.54, 1.807) is 0 Å². The monoisotopic (exact) mass is 203 g/mol. The normalized spacial score (nSPS) is 20.1. The molecule has 0 amide bonds. The second-order valence-corrected chi connectivity index (χ2v) is 4.57. The van der Waals surface area contributed by atoms with Gasteiger partial charge in [-0.05, 0) is 30.9 Å². The maximum Gasteiger partial charge on any atom is 0.0398 e. The topological polar surface area (TPSA) is 3.24 Å². The summed E-state index contributed by atoms with van der Waals surface area (Å²) in [6.07, 6.45) is 6.60. The van der Waals surface area contributed by atoms with E-state index in [9.17, 15) is 0 Å². The predicted molar refractivity (Wildman–Crippen MR) is 66.5 cm³/mol. The minimum Gasteiger partial charge on any atom is -0.371 e. The first kappa shape index (κ1) is 10.5. The molecule has 1 heterocycles. The molecule has 1 aromatic carbocycles. The fourth-order valence-electron chi connectivity index (χ4n) is 2.56. The van der Waals surface area contributed by atoms with E-state index in [-0.39, 0.29) is 0 Å². The summed E-state index contributed by atoms with van der Waals surface area (Å²) >= 11 is 0. The van der Waals surface area contributed by atoms with Gasteiger partial charge in [0.25, 0.3) is 0 Å².